The Bertz CT molecular complexity index is 342. The largest absolute Gasteiger partial charge is 0.367 e. The number of nitro groups is 1. The molecule has 0 aromatic carbocycles. The van der Waals surface area contributed by atoms with Crippen LogP contribution in [0.4, 0.5) is 11.5 Å². The molecule has 0 fully saturated rings. The average Bonchev–Trinajstić information content (AvgIpc) is 2.29. The smallest absolute Gasteiger partial charge is 0.287 e. The van der Waals surface area contributed by atoms with E-state index in [1.165, 1.54) is 12.3 Å². The standard InChI is InChI=1S/C10H15N3O2S/c1-3-8(7-16-2)12-10-5-4-9(6-11-10)13(14)15/h4-6,8H,3,7H2,1-2H3,(H,11,12). The minimum absolute atomic E-state index is 0.0171. The summed E-state index contributed by atoms with van der Waals surface area (Å²) in [5.41, 5.74) is 0.0171. The summed E-state index contributed by atoms with van der Waals surface area (Å²) in [4.78, 5) is 14.0. The van der Waals surface area contributed by atoms with Crippen molar-refractivity contribution in [1.82, 2.24) is 4.98 Å². The first-order valence-electron chi connectivity index (χ1n) is 5.03. The number of thioether (sulfide) groups is 1. The first-order valence-corrected chi connectivity index (χ1v) is 6.42. The Morgan fingerprint density at radius 1 is 1.62 bits per heavy atom. The molecule has 0 saturated heterocycles. The first-order chi connectivity index (χ1) is 7.67. The van der Waals surface area contributed by atoms with Gasteiger partial charge in [-0.3, -0.25) is 10.1 Å². The van der Waals surface area contributed by atoms with Gasteiger partial charge in [0.05, 0.1) is 4.92 Å². The van der Waals surface area contributed by atoms with Crippen molar-refractivity contribution in [3.8, 4) is 0 Å². The predicted octanol–water partition coefficient (Wildman–Crippen LogP) is 2.54. The van der Waals surface area contributed by atoms with Crippen LogP contribution in [0, 0.1) is 10.1 Å². The molecule has 0 aliphatic rings. The molecule has 1 heterocycles. The van der Waals surface area contributed by atoms with Gasteiger partial charge in [0.1, 0.15) is 12.0 Å². The Hall–Kier alpha value is -1.30. The highest BCUT2D eigenvalue weighted by Gasteiger charge is 2.08. The Morgan fingerprint density at radius 2 is 2.38 bits per heavy atom. The summed E-state index contributed by atoms with van der Waals surface area (Å²) in [7, 11) is 0. The zero-order chi connectivity index (χ0) is 12.0. The molecule has 0 aliphatic heterocycles. The van der Waals surface area contributed by atoms with E-state index in [-0.39, 0.29) is 5.69 Å². The summed E-state index contributed by atoms with van der Waals surface area (Å²) in [6, 6.07) is 3.45. The van der Waals surface area contributed by atoms with Crippen molar-refractivity contribution in [3.05, 3.63) is 28.4 Å². The minimum Gasteiger partial charge on any atom is -0.367 e. The summed E-state index contributed by atoms with van der Waals surface area (Å²) >= 11 is 1.76. The molecule has 1 N–H and O–H groups in total. The molecule has 1 unspecified atom stereocenters. The van der Waals surface area contributed by atoms with Crippen molar-refractivity contribution in [2.75, 3.05) is 17.3 Å². The van der Waals surface area contributed by atoms with Gasteiger partial charge in [0.25, 0.3) is 5.69 Å². The van der Waals surface area contributed by atoms with Gasteiger partial charge in [-0.25, -0.2) is 4.98 Å². The molecule has 16 heavy (non-hydrogen) atoms. The van der Waals surface area contributed by atoms with Crippen LogP contribution in [0.15, 0.2) is 18.3 Å². The van der Waals surface area contributed by atoms with Gasteiger partial charge in [-0.05, 0) is 18.7 Å². The molecular weight excluding hydrogens is 226 g/mol. The highest BCUT2D eigenvalue weighted by molar-refractivity contribution is 7.98. The molecule has 1 rings (SSSR count). The second kappa shape index (κ2) is 6.32. The van der Waals surface area contributed by atoms with Crippen LogP contribution in [-0.4, -0.2) is 28.0 Å². The number of hydrogen-bond donors (Lipinski definition) is 1. The van der Waals surface area contributed by atoms with Crippen LogP contribution in [-0.2, 0) is 0 Å². The average molecular weight is 241 g/mol. The van der Waals surface area contributed by atoms with Crippen molar-refractivity contribution < 1.29 is 4.92 Å². The van der Waals surface area contributed by atoms with E-state index in [0.29, 0.717) is 11.9 Å². The van der Waals surface area contributed by atoms with E-state index in [1.807, 2.05) is 6.26 Å². The van der Waals surface area contributed by atoms with Crippen LogP contribution < -0.4 is 5.32 Å². The molecule has 88 valence electrons. The minimum atomic E-state index is -0.448. The predicted molar refractivity (Wildman–Crippen MR) is 67.0 cm³/mol. The van der Waals surface area contributed by atoms with Gasteiger partial charge in [-0.15, -0.1) is 0 Å². The van der Waals surface area contributed by atoms with Gasteiger partial charge in [0, 0.05) is 17.9 Å². The highest BCUT2D eigenvalue weighted by Crippen LogP contribution is 2.14. The summed E-state index contributed by atoms with van der Waals surface area (Å²) in [6.07, 6.45) is 4.32. The van der Waals surface area contributed by atoms with E-state index in [9.17, 15) is 10.1 Å². The van der Waals surface area contributed by atoms with Crippen LogP contribution in [0.3, 0.4) is 0 Å². The SMILES string of the molecule is CCC(CSC)Nc1ccc([N+](=O)[O-])cn1. The van der Waals surface area contributed by atoms with Crippen molar-refractivity contribution >= 4 is 23.3 Å². The number of nitrogens with zero attached hydrogens (tertiary/aromatic N) is 2. The van der Waals surface area contributed by atoms with Gasteiger partial charge >= 0.3 is 0 Å². The zero-order valence-corrected chi connectivity index (χ0v) is 10.2. The van der Waals surface area contributed by atoms with Crippen molar-refractivity contribution in [1.29, 1.82) is 0 Å². The van der Waals surface area contributed by atoms with E-state index in [0.717, 1.165) is 12.2 Å². The molecule has 0 radical (unpaired) electrons. The van der Waals surface area contributed by atoms with Gasteiger partial charge in [0.2, 0.25) is 0 Å². The molecule has 0 aliphatic carbocycles. The first kappa shape index (κ1) is 12.8. The molecule has 1 atom stereocenters. The molecule has 1 aromatic rings. The molecule has 5 nitrogen and oxygen atoms in total. The number of pyridine rings is 1. The van der Waals surface area contributed by atoms with Crippen molar-refractivity contribution in [2.45, 2.75) is 19.4 Å². The van der Waals surface area contributed by atoms with Crippen LogP contribution in [0.2, 0.25) is 0 Å². The molecule has 0 spiro atoms. The van der Waals surface area contributed by atoms with Crippen LogP contribution >= 0.6 is 11.8 Å². The van der Waals surface area contributed by atoms with Gasteiger partial charge in [-0.1, -0.05) is 6.92 Å². The fourth-order valence-electron chi connectivity index (χ4n) is 1.25. The van der Waals surface area contributed by atoms with Crippen LogP contribution in [0.25, 0.3) is 0 Å². The lowest BCUT2D eigenvalue weighted by Crippen LogP contribution is -2.21. The second-order valence-electron chi connectivity index (χ2n) is 3.36. The number of rotatable bonds is 6. The second-order valence-corrected chi connectivity index (χ2v) is 4.27. The fraction of sp³-hybridized carbons (Fsp3) is 0.500. The van der Waals surface area contributed by atoms with E-state index in [4.69, 9.17) is 0 Å². The molecule has 0 bridgehead atoms. The van der Waals surface area contributed by atoms with Gasteiger partial charge in [0.15, 0.2) is 0 Å². The molecular formula is C10H15N3O2S. The molecule has 0 amide bonds. The monoisotopic (exact) mass is 241 g/mol. The Labute approximate surface area is 98.8 Å². The lowest BCUT2D eigenvalue weighted by molar-refractivity contribution is -0.385. The highest BCUT2D eigenvalue weighted by atomic mass is 32.2. The zero-order valence-electron chi connectivity index (χ0n) is 9.34. The number of anilines is 1. The maximum absolute atomic E-state index is 10.4. The normalized spacial score (nSPS) is 12.1. The summed E-state index contributed by atoms with van der Waals surface area (Å²) in [5.74, 6) is 1.68. The Balaban J connectivity index is 2.63. The maximum atomic E-state index is 10.4. The van der Waals surface area contributed by atoms with E-state index < -0.39 is 4.92 Å². The summed E-state index contributed by atoms with van der Waals surface area (Å²) < 4.78 is 0. The number of nitrogens with one attached hydrogen (secondary N) is 1. The van der Waals surface area contributed by atoms with E-state index >= 15 is 0 Å². The third-order valence-electron chi connectivity index (χ3n) is 2.17. The van der Waals surface area contributed by atoms with Crippen LogP contribution in [0.5, 0.6) is 0 Å². The lowest BCUT2D eigenvalue weighted by atomic mass is 10.2. The lowest BCUT2D eigenvalue weighted by Gasteiger charge is -2.15. The summed E-state index contributed by atoms with van der Waals surface area (Å²) in [5, 5.41) is 13.7. The van der Waals surface area contributed by atoms with E-state index in [1.54, 1.807) is 17.8 Å². The van der Waals surface area contributed by atoms with Crippen molar-refractivity contribution in [2.24, 2.45) is 0 Å². The van der Waals surface area contributed by atoms with Gasteiger partial charge < -0.3 is 5.32 Å². The third kappa shape index (κ3) is 3.69. The molecule has 0 saturated carbocycles. The van der Waals surface area contributed by atoms with Gasteiger partial charge in [-0.2, -0.15) is 11.8 Å². The number of hydrogen-bond acceptors (Lipinski definition) is 5. The number of aromatic nitrogens is 1. The topological polar surface area (TPSA) is 68.1 Å². The Kier molecular flexibility index (Phi) is 5.04. The molecule has 6 heteroatoms. The fourth-order valence-corrected chi connectivity index (χ4v) is 1.97. The third-order valence-corrected chi connectivity index (χ3v) is 2.91. The van der Waals surface area contributed by atoms with Crippen LogP contribution in [0.1, 0.15) is 13.3 Å². The molecule has 1 aromatic heterocycles. The van der Waals surface area contributed by atoms with E-state index in [2.05, 4.69) is 17.2 Å². The van der Waals surface area contributed by atoms with Crippen molar-refractivity contribution in [3.63, 3.8) is 0 Å². The maximum Gasteiger partial charge on any atom is 0.287 e. The summed E-state index contributed by atoms with van der Waals surface area (Å²) in [6.45, 7) is 2.10. The quantitative estimate of drug-likeness (QED) is 0.612. The Morgan fingerprint density at radius 3 is 2.81 bits per heavy atom.